The number of hydrogen-bond donors (Lipinski definition) is 1. The van der Waals surface area contributed by atoms with Gasteiger partial charge in [0.05, 0.1) is 4.92 Å². The Balaban J connectivity index is 2.46. The summed E-state index contributed by atoms with van der Waals surface area (Å²) in [5.41, 5.74) is -1.14. The van der Waals surface area contributed by atoms with Crippen LogP contribution in [0.5, 0.6) is 0 Å². The zero-order valence-electron chi connectivity index (χ0n) is 8.59. The number of nitrogens with one attached hydrogen (secondary N) is 1. The Kier molecular flexibility index (Phi) is 2.29. The average molecular weight is 228 g/mol. The quantitative estimate of drug-likeness (QED) is 0.639. The fourth-order valence-corrected chi connectivity index (χ4v) is 1.43. The molecule has 0 atom stereocenters. The topological polar surface area (TPSA) is 55.2 Å². The lowest BCUT2D eigenvalue weighted by Gasteiger charge is -2.14. The Labute approximate surface area is 90.4 Å². The van der Waals surface area contributed by atoms with Crippen molar-refractivity contribution in [3.8, 4) is 0 Å². The van der Waals surface area contributed by atoms with Gasteiger partial charge in [-0.3, -0.25) is 10.1 Å². The maximum absolute atomic E-state index is 13.4. The summed E-state index contributed by atoms with van der Waals surface area (Å²) in [4.78, 5) is 9.94. The van der Waals surface area contributed by atoms with Crippen molar-refractivity contribution in [2.75, 3.05) is 5.32 Å². The zero-order valence-corrected chi connectivity index (χ0v) is 8.59. The Morgan fingerprint density at radius 2 is 2.06 bits per heavy atom. The number of anilines is 1. The third kappa shape index (κ3) is 1.82. The van der Waals surface area contributed by atoms with Crippen LogP contribution >= 0.6 is 0 Å². The molecule has 0 saturated heterocycles. The smallest absolute Gasteiger partial charge is 0.295 e. The molecule has 1 fully saturated rings. The predicted octanol–water partition coefficient (Wildman–Crippen LogP) is 2.84. The van der Waals surface area contributed by atoms with Crippen LogP contribution in [0.15, 0.2) is 12.1 Å². The van der Waals surface area contributed by atoms with E-state index in [0.29, 0.717) is 0 Å². The van der Waals surface area contributed by atoms with Crippen LogP contribution in [0, 0.1) is 21.7 Å². The van der Waals surface area contributed by atoms with Crippen molar-refractivity contribution in [2.45, 2.75) is 25.3 Å². The molecule has 0 aromatic heterocycles. The molecule has 2 rings (SSSR count). The molecule has 6 heteroatoms. The second-order valence-electron chi connectivity index (χ2n) is 4.20. The van der Waals surface area contributed by atoms with Crippen molar-refractivity contribution >= 4 is 11.4 Å². The number of hydrogen-bond acceptors (Lipinski definition) is 3. The summed E-state index contributed by atoms with van der Waals surface area (Å²) in [5, 5.41) is 13.4. The molecule has 0 spiro atoms. The number of nitrogens with zero attached hydrogens (tertiary/aromatic N) is 1. The summed E-state index contributed by atoms with van der Waals surface area (Å²) < 4.78 is 26.4. The van der Waals surface area contributed by atoms with Gasteiger partial charge in [0, 0.05) is 11.6 Å². The van der Waals surface area contributed by atoms with Gasteiger partial charge < -0.3 is 5.32 Å². The van der Waals surface area contributed by atoms with E-state index in [4.69, 9.17) is 0 Å². The molecule has 1 aliphatic rings. The molecule has 0 radical (unpaired) electrons. The molecule has 1 aromatic carbocycles. The van der Waals surface area contributed by atoms with Crippen molar-refractivity contribution in [3.05, 3.63) is 33.9 Å². The van der Waals surface area contributed by atoms with Crippen molar-refractivity contribution in [1.29, 1.82) is 0 Å². The predicted molar refractivity (Wildman–Crippen MR) is 54.3 cm³/mol. The number of nitro benzene ring substituents is 1. The van der Waals surface area contributed by atoms with Crippen molar-refractivity contribution < 1.29 is 13.7 Å². The summed E-state index contributed by atoms with van der Waals surface area (Å²) in [7, 11) is 0. The van der Waals surface area contributed by atoms with Crippen LogP contribution in [-0.4, -0.2) is 10.5 Å². The largest absolute Gasteiger partial charge is 0.372 e. The summed E-state index contributed by atoms with van der Waals surface area (Å²) in [6.45, 7) is 1.81. The lowest BCUT2D eigenvalue weighted by molar-refractivity contribution is -0.384. The van der Waals surface area contributed by atoms with E-state index < -0.39 is 22.2 Å². The highest BCUT2D eigenvalue weighted by Crippen LogP contribution is 2.41. The minimum atomic E-state index is -1.19. The van der Waals surface area contributed by atoms with Crippen LogP contribution in [0.4, 0.5) is 20.2 Å². The molecule has 0 aliphatic heterocycles. The molecular weight excluding hydrogens is 218 g/mol. The second-order valence-corrected chi connectivity index (χ2v) is 4.20. The minimum absolute atomic E-state index is 0.348. The lowest BCUT2D eigenvalue weighted by Crippen LogP contribution is -2.18. The summed E-state index contributed by atoms with van der Waals surface area (Å²) >= 11 is 0. The fourth-order valence-electron chi connectivity index (χ4n) is 1.43. The molecule has 16 heavy (non-hydrogen) atoms. The lowest BCUT2D eigenvalue weighted by atomic mass is 10.2. The van der Waals surface area contributed by atoms with Gasteiger partial charge in [-0.05, 0) is 25.8 Å². The maximum atomic E-state index is 13.4. The standard InChI is InChI=1S/C10H10F2N2O2/c1-10(4-5-10)13-9-7(14(15)16)3-2-6(11)8(9)12/h2-3,13H,4-5H2,1H3. The van der Waals surface area contributed by atoms with E-state index in [9.17, 15) is 18.9 Å². The Hall–Kier alpha value is -1.72. The Bertz CT molecular complexity index is 458. The summed E-state index contributed by atoms with van der Waals surface area (Å²) in [6, 6.07) is 1.72. The molecule has 4 nitrogen and oxygen atoms in total. The molecule has 1 N–H and O–H groups in total. The first kappa shape index (κ1) is 10.8. The van der Waals surface area contributed by atoms with Crippen molar-refractivity contribution in [1.82, 2.24) is 0 Å². The number of benzene rings is 1. The van der Waals surface area contributed by atoms with Gasteiger partial charge in [-0.15, -0.1) is 0 Å². The van der Waals surface area contributed by atoms with Gasteiger partial charge >= 0.3 is 0 Å². The van der Waals surface area contributed by atoms with Gasteiger partial charge in [0.15, 0.2) is 17.3 Å². The number of rotatable bonds is 3. The highest BCUT2D eigenvalue weighted by Gasteiger charge is 2.39. The van der Waals surface area contributed by atoms with E-state index in [2.05, 4.69) is 5.32 Å². The highest BCUT2D eigenvalue weighted by atomic mass is 19.2. The third-order valence-corrected chi connectivity index (χ3v) is 2.70. The number of halogens is 2. The van der Waals surface area contributed by atoms with Crippen LogP contribution in [-0.2, 0) is 0 Å². The molecule has 1 aliphatic carbocycles. The maximum Gasteiger partial charge on any atom is 0.295 e. The van der Waals surface area contributed by atoms with Gasteiger partial charge in [0.2, 0.25) is 0 Å². The van der Waals surface area contributed by atoms with Gasteiger partial charge in [0.25, 0.3) is 5.69 Å². The number of nitro groups is 1. The van der Waals surface area contributed by atoms with Crippen LogP contribution in [0.3, 0.4) is 0 Å². The van der Waals surface area contributed by atoms with Crippen LogP contribution in [0.1, 0.15) is 19.8 Å². The van der Waals surface area contributed by atoms with Crippen LogP contribution in [0.2, 0.25) is 0 Å². The molecule has 0 amide bonds. The molecule has 1 saturated carbocycles. The van der Waals surface area contributed by atoms with E-state index in [1.165, 1.54) is 0 Å². The average Bonchev–Trinajstić information content (AvgIpc) is 2.91. The Morgan fingerprint density at radius 3 is 2.56 bits per heavy atom. The van der Waals surface area contributed by atoms with Crippen LogP contribution < -0.4 is 5.32 Å². The third-order valence-electron chi connectivity index (χ3n) is 2.70. The first-order valence-electron chi connectivity index (χ1n) is 4.83. The van der Waals surface area contributed by atoms with E-state index in [-0.39, 0.29) is 11.2 Å². The monoisotopic (exact) mass is 228 g/mol. The summed E-state index contributed by atoms with van der Waals surface area (Å²) in [5.74, 6) is -2.28. The van der Waals surface area contributed by atoms with Gasteiger partial charge in [-0.25, -0.2) is 8.78 Å². The summed E-state index contributed by atoms with van der Waals surface area (Å²) in [6.07, 6.45) is 1.58. The van der Waals surface area contributed by atoms with Gasteiger partial charge in [-0.1, -0.05) is 0 Å². The van der Waals surface area contributed by atoms with E-state index in [0.717, 1.165) is 25.0 Å². The van der Waals surface area contributed by atoms with Crippen molar-refractivity contribution in [2.24, 2.45) is 0 Å². The minimum Gasteiger partial charge on any atom is -0.372 e. The van der Waals surface area contributed by atoms with Crippen LogP contribution in [0.25, 0.3) is 0 Å². The molecular formula is C10H10F2N2O2. The molecule has 0 unspecified atom stereocenters. The normalized spacial score (nSPS) is 16.9. The SMILES string of the molecule is CC1(Nc2c([N+](=O)[O-])ccc(F)c2F)CC1. The highest BCUT2D eigenvalue weighted by molar-refractivity contribution is 5.64. The first-order chi connectivity index (χ1) is 7.43. The molecule has 0 heterocycles. The Morgan fingerprint density at radius 1 is 1.44 bits per heavy atom. The second kappa shape index (κ2) is 3.40. The molecule has 1 aromatic rings. The van der Waals surface area contributed by atoms with Gasteiger partial charge in [0.1, 0.15) is 0 Å². The van der Waals surface area contributed by atoms with Gasteiger partial charge in [-0.2, -0.15) is 0 Å². The zero-order chi connectivity index (χ0) is 11.9. The van der Waals surface area contributed by atoms with Crippen molar-refractivity contribution in [3.63, 3.8) is 0 Å². The first-order valence-corrected chi connectivity index (χ1v) is 4.83. The van der Waals surface area contributed by atoms with E-state index in [1.807, 2.05) is 0 Å². The van der Waals surface area contributed by atoms with E-state index in [1.54, 1.807) is 6.92 Å². The molecule has 0 bridgehead atoms. The van der Waals surface area contributed by atoms with E-state index >= 15 is 0 Å². The molecule has 86 valence electrons. The fraction of sp³-hybridized carbons (Fsp3) is 0.400.